The average Bonchev–Trinajstić information content (AvgIpc) is 3.64. The molecule has 9 aromatic carbocycles. The first-order valence-corrected chi connectivity index (χ1v) is 18.4. The molecule has 1 heterocycles. The minimum absolute atomic E-state index is 0.906. The number of fused-ring (bicyclic) bond motifs is 4. The molecule has 0 aliphatic rings. The monoisotopic (exact) mass is 689 g/mol. The van der Waals surface area contributed by atoms with Crippen LogP contribution in [-0.4, -0.2) is 0 Å². The zero-order chi connectivity index (χ0) is 35.8. The number of hydrogen-bond acceptors (Lipinski definition) is 2. The summed E-state index contributed by atoms with van der Waals surface area (Å²) in [5.74, 6) is 0. The molecule has 0 saturated heterocycles. The Morgan fingerprint density at radius 3 is 1.69 bits per heavy atom. The highest BCUT2D eigenvalue weighted by molar-refractivity contribution is 6.09. The lowest BCUT2D eigenvalue weighted by molar-refractivity contribution is 0.670. The van der Waals surface area contributed by atoms with Crippen molar-refractivity contribution in [2.75, 3.05) is 4.90 Å². The quantitative estimate of drug-likeness (QED) is 0.166. The molecule has 10 rings (SSSR count). The Balaban J connectivity index is 1.06. The first-order valence-electron chi connectivity index (χ1n) is 18.4. The van der Waals surface area contributed by atoms with Crippen LogP contribution in [-0.2, 0) is 0 Å². The first kappa shape index (κ1) is 31.6. The summed E-state index contributed by atoms with van der Waals surface area (Å²) in [6.07, 6.45) is 0. The third kappa shape index (κ3) is 5.62. The van der Waals surface area contributed by atoms with Crippen LogP contribution >= 0.6 is 0 Å². The van der Waals surface area contributed by atoms with Crippen molar-refractivity contribution < 1.29 is 4.42 Å². The van der Waals surface area contributed by atoms with E-state index in [1.165, 1.54) is 44.2 Å². The average molecular weight is 690 g/mol. The van der Waals surface area contributed by atoms with Gasteiger partial charge in [0, 0.05) is 33.3 Å². The largest absolute Gasteiger partial charge is 0.455 e. The van der Waals surface area contributed by atoms with E-state index in [0.717, 1.165) is 50.1 Å². The third-order valence-electron chi connectivity index (χ3n) is 10.5. The molecular formula is C52H35NO. The summed E-state index contributed by atoms with van der Waals surface area (Å²) in [6, 6.07) is 75.8. The summed E-state index contributed by atoms with van der Waals surface area (Å²) in [6.45, 7) is 0. The minimum Gasteiger partial charge on any atom is -0.455 e. The second-order valence-corrected chi connectivity index (χ2v) is 13.7. The highest BCUT2D eigenvalue weighted by atomic mass is 16.3. The molecule has 10 aromatic rings. The summed E-state index contributed by atoms with van der Waals surface area (Å²) < 4.78 is 6.41. The second-order valence-electron chi connectivity index (χ2n) is 13.7. The van der Waals surface area contributed by atoms with E-state index in [9.17, 15) is 0 Å². The molecule has 0 aliphatic heterocycles. The van der Waals surface area contributed by atoms with Crippen molar-refractivity contribution in [3.05, 3.63) is 212 Å². The molecule has 254 valence electrons. The summed E-state index contributed by atoms with van der Waals surface area (Å²) in [5, 5.41) is 4.78. The number of hydrogen-bond donors (Lipinski definition) is 0. The van der Waals surface area contributed by atoms with E-state index in [1.54, 1.807) is 0 Å². The Morgan fingerprint density at radius 2 is 0.852 bits per heavy atom. The Morgan fingerprint density at radius 1 is 0.315 bits per heavy atom. The van der Waals surface area contributed by atoms with E-state index in [-0.39, 0.29) is 0 Å². The highest BCUT2D eigenvalue weighted by Gasteiger charge is 2.18. The van der Waals surface area contributed by atoms with E-state index >= 15 is 0 Å². The van der Waals surface area contributed by atoms with Gasteiger partial charge in [0.2, 0.25) is 0 Å². The fourth-order valence-electron chi connectivity index (χ4n) is 7.87. The van der Waals surface area contributed by atoms with Gasteiger partial charge < -0.3 is 9.32 Å². The van der Waals surface area contributed by atoms with Crippen molar-refractivity contribution in [1.29, 1.82) is 0 Å². The number of anilines is 3. The van der Waals surface area contributed by atoms with Crippen molar-refractivity contribution in [2.45, 2.75) is 0 Å². The van der Waals surface area contributed by atoms with Crippen LogP contribution in [0.25, 0.3) is 77.2 Å². The molecule has 0 atom stereocenters. The van der Waals surface area contributed by atoms with Crippen LogP contribution in [0.2, 0.25) is 0 Å². The van der Waals surface area contributed by atoms with E-state index < -0.39 is 0 Å². The van der Waals surface area contributed by atoms with E-state index in [4.69, 9.17) is 4.42 Å². The molecule has 2 heteroatoms. The molecule has 0 fully saturated rings. The van der Waals surface area contributed by atoms with Crippen molar-refractivity contribution >= 4 is 49.8 Å². The van der Waals surface area contributed by atoms with Crippen LogP contribution < -0.4 is 4.90 Å². The molecule has 54 heavy (non-hydrogen) atoms. The Bertz CT molecular complexity index is 2920. The minimum atomic E-state index is 0.906. The van der Waals surface area contributed by atoms with Crippen LogP contribution in [0, 0.1) is 0 Å². The molecular weight excluding hydrogens is 655 g/mol. The standard InChI is InChI=1S/C52H35NO/c1-2-13-38(14-3-1)46-20-6-8-25-50(46)53(43-33-29-39(30-34-43)47-23-12-24-49-48-21-7-9-26-51(48)54-52(47)49)42-31-27-36(28-32-42)40-17-10-18-41(35-40)45-22-11-16-37-15-4-5-19-44(37)45/h1-35H. The fraction of sp³-hybridized carbons (Fsp3) is 0. The number of nitrogens with zero attached hydrogens (tertiary/aromatic N) is 1. The first-order chi connectivity index (χ1) is 26.8. The highest BCUT2D eigenvalue weighted by Crippen LogP contribution is 2.43. The Labute approximate surface area is 314 Å². The molecule has 0 N–H and O–H groups in total. The maximum Gasteiger partial charge on any atom is 0.143 e. The molecule has 0 spiro atoms. The number of benzene rings is 9. The van der Waals surface area contributed by atoms with Crippen molar-refractivity contribution in [1.82, 2.24) is 0 Å². The number of furan rings is 1. The lowest BCUT2D eigenvalue weighted by Gasteiger charge is -2.28. The van der Waals surface area contributed by atoms with Crippen LogP contribution in [0.4, 0.5) is 17.1 Å². The van der Waals surface area contributed by atoms with E-state index in [0.29, 0.717) is 0 Å². The van der Waals surface area contributed by atoms with Crippen LogP contribution in [0.1, 0.15) is 0 Å². The van der Waals surface area contributed by atoms with Gasteiger partial charge in [0.25, 0.3) is 0 Å². The molecule has 0 saturated carbocycles. The Hall–Kier alpha value is -7.16. The summed E-state index contributed by atoms with van der Waals surface area (Å²) in [7, 11) is 0. The molecule has 0 amide bonds. The van der Waals surface area contributed by atoms with Gasteiger partial charge in [-0.2, -0.15) is 0 Å². The fourth-order valence-corrected chi connectivity index (χ4v) is 7.87. The summed E-state index contributed by atoms with van der Waals surface area (Å²) >= 11 is 0. The summed E-state index contributed by atoms with van der Waals surface area (Å²) in [5.41, 5.74) is 14.4. The predicted octanol–water partition coefficient (Wildman–Crippen LogP) is 14.9. The van der Waals surface area contributed by atoms with Crippen molar-refractivity contribution in [3.63, 3.8) is 0 Å². The number of para-hydroxylation sites is 3. The molecule has 0 radical (unpaired) electrons. The van der Waals surface area contributed by atoms with Gasteiger partial charge in [0.05, 0.1) is 5.69 Å². The van der Waals surface area contributed by atoms with E-state index in [1.807, 2.05) is 12.1 Å². The maximum atomic E-state index is 6.41. The lowest BCUT2D eigenvalue weighted by Crippen LogP contribution is -2.11. The molecule has 1 aromatic heterocycles. The normalized spacial score (nSPS) is 11.3. The van der Waals surface area contributed by atoms with Gasteiger partial charge in [-0.25, -0.2) is 0 Å². The van der Waals surface area contributed by atoms with Gasteiger partial charge in [0.1, 0.15) is 11.2 Å². The van der Waals surface area contributed by atoms with E-state index in [2.05, 4.69) is 205 Å². The topological polar surface area (TPSA) is 16.4 Å². The van der Waals surface area contributed by atoms with Gasteiger partial charge in [-0.1, -0.05) is 170 Å². The van der Waals surface area contributed by atoms with Crippen LogP contribution in [0.15, 0.2) is 217 Å². The van der Waals surface area contributed by atoms with Gasteiger partial charge in [0.15, 0.2) is 0 Å². The van der Waals surface area contributed by atoms with Gasteiger partial charge in [-0.05, 0) is 86.6 Å². The smallest absolute Gasteiger partial charge is 0.143 e. The van der Waals surface area contributed by atoms with Crippen LogP contribution in [0.3, 0.4) is 0 Å². The zero-order valence-electron chi connectivity index (χ0n) is 29.6. The van der Waals surface area contributed by atoms with Gasteiger partial charge in [-0.3, -0.25) is 0 Å². The lowest BCUT2D eigenvalue weighted by atomic mass is 9.95. The number of rotatable bonds is 7. The van der Waals surface area contributed by atoms with Gasteiger partial charge in [-0.15, -0.1) is 0 Å². The second kappa shape index (κ2) is 13.4. The van der Waals surface area contributed by atoms with Gasteiger partial charge >= 0.3 is 0 Å². The van der Waals surface area contributed by atoms with Crippen LogP contribution in [0.5, 0.6) is 0 Å². The molecule has 0 aliphatic carbocycles. The maximum absolute atomic E-state index is 6.41. The SMILES string of the molecule is c1ccc(-c2ccccc2N(c2ccc(-c3cccc(-c4cccc5ccccc45)c3)cc2)c2ccc(-c3cccc4c3oc3ccccc34)cc2)cc1. The molecule has 0 unspecified atom stereocenters. The van der Waals surface area contributed by atoms with Crippen molar-refractivity contribution in [2.24, 2.45) is 0 Å². The Kier molecular flexibility index (Phi) is 7.85. The zero-order valence-corrected chi connectivity index (χ0v) is 29.6. The molecule has 0 bridgehead atoms. The predicted molar refractivity (Wildman–Crippen MR) is 228 cm³/mol. The molecule has 2 nitrogen and oxygen atoms in total. The summed E-state index contributed by atoms with van der Waals surface area (Å²) in [4.78, 5) is 2.37. The third-order valence-corrected chi connectivity index (χ3v) is 10.5. The van der Waals surface area contributed by atoms with Crippen molar-refractivity contribution in [3.8, 4) is 44.5 Å².